The summed E-state index contributed by atoms with van der Waals surface area (Å²) in [6.45, 7) is 1.85. The van der Waals surface area contributed by atoms with E-state index < -0.39 is 5.97 Å². The first-order valence-electron chi connectivity index (χ1n) is 4.28. The van der Waals surface area contributed by atoms with Crippen molar-refractivity contribution in [2.75, 3.05) is 0 Å². The van der Waals surface area contributed by atoms with Gasteiger partial charge in [0.05, 0.1) is 5.56 Å². The van der Waals surface area contributed by atoms with Crippen molar-refractivity contribution in [1.82, 2.24) is 0 Å². The van der Waals surface area contributed by atoms with Crippen LogP contribution in [0.4, 0.5) is 0 Å². The maximum absolute atomic E-state index is 10.9. The summed E-state index contributed by atoms with van der Waals surface area (Å²) in [5.41, 5.74) is 6.72. The second kappa shape index (κ2) is 4.57. The molecule has 0 spiro atoms. The first kappa shape index (κ1) is 11.2. The fourth-order valence-electron chi connectivity index (χ4n) is 1.29. The van der Waals surface area contributed by atoms with E-state index in [0.29, 0.717) is 12.0 Å². The monoisotopic (exact) mass is 257 g/mol. The highest BCUT2D eigenvalue weighted by Gasteiger charge is 2.13. The first-order valence-corrected chi connectivity index (χ1v) is 5.08. The number of carbonyl (C=O) groups is 1. The molecule has 1 aromatic carbocycles. The van der Waals surface area contributed by atoms with Gasteiger partial charge in [-0.3, -0.25) is 0 Å². The fourth-order valence-corrected chi connectivity index (χ4v) is 1.82. The van der Waals surface area contributed by atoms with Gasteiger partial charge in [0, 0.05) is 10.5 Å². The fraction of sp³-hybridized carbons (Fsp3) is 0.300. The molecular formula is C10H12BrNO2. The topological polar surface area (TPSA) is 63.3 Å². The summed E-state index contributed by atoms with van der Waals surface area (Å²) in [6, 6.07) is 5.07. The third-order valence-corrected chi connectivity index (χ3v) is 2.62. The molecule has 0 aliphatic heterocycles. The normalized spacial score (nSPS) is 12.5. The molecule has 0 aliphatic carbocycles. The average molecular weight is 258 g/mol. The van der Waals surface area contributed by atoms with Crippen LogP contribution in [0, 0.1) is 0 Å². The average Bonchev–Trinajstić information content (AvgIpc) is 2.07. The van der Waals surface area contributed by atoms with E-state index in [1.165, 1.54) is 0 Å². The van der Waals surface area contributed by atoms with Crippen LogP contribution in [0.3, 0.4) is 0 Å². The Kier molecular flexibility index (Phi) is 3.66. The van der Waals surface area contributed by atoms with Gasteiger partial charge >= 0.3 is 5.97 Å². The molecule has 1 atom stereocenters. The zero-order chi connectivity index (χ0) is 10.7. The minimum absolute atomic E-state index is 0.0493. The molecule has 0 aromatic heterocycles. The van der Waals surface area contributed by atoms with Crippen molar-refractivity contribution in [2.24, 2.45) is 5.73 Å². The standard InChI is InChI=1S/C10H12BrNO2/c1-6(12)5-8-7(10(13)14)3-2-4-9(8)11/h2-4,6H,5,12H2,1H3,(H,13,14). The number of rotatable bonds is 3. The van der Waals surface area contributed by atoms with E-state index >= 15 is 0 Å². The molecule has 0 fully saturated rings. The largest absolute Gasteiger partial charge is 0.478 e. The summed E-state index contributed by atoms with van der Waals surface area (Å²) in [7, 11) is 0. The quantitative estimate of drug-likeness (QED) is 0.871. The molecule has 14 heavy (non-hydrogen) atoms. The number of nitrogens with two attached hydrogens (primary N) is 1. The van der Waals surface area contributed by atoms with Crippen molar-refractivity contribution < 1.29 is 9.90 Å². The van der Waals surface area contributed by atoms with Crippen LogP contribution in [0.2, 0.25) is 0 Å². The van der Waals surface area contributed by atoms with Crippen LogP contribution in [0.15, 0.2) is 22.7 Å². The minimum atomic E-state index is -0.915. The van der Waals surface area contributed by atoms with Crippen molar-refractivity contribution in [1.29, 1.82) is 0 Å². The van der Waals surface area contributed by atoms with Gasteiger partial charge in [-0.15, -0.1) is 0 Å². The molecule has 0 saturated carbocycles. The number of aromatic carboxylic acids is 1. The molecule has 0 bridgehead atoms. The van der Waals surface area contributed by atoms with Gasteiger partial charge in [0.25, 0.3) is 0 Å². The second-order valence-corrected chi connectivity index (χ2v) is 4.11. The summed E-state index contributed by atoms with van der Waals surface area (Å²) in [6.07, 6.45) is 0.559. The zero-order valence-electron chi connectivity index (χ0n) is 7.83. The lowest BCUT2D eigenvalue weighted by atomic mass is 10.0. The smallest absolute Gasteiger partial charge is 0.336 e. The van der Waals surface area contributed by atoms with Gasteiger partial charge in [0.15, 0.2) is 0 Å². The molecule has 1 unspecified atom stereocenters. The predicted molar refractivity (Wildman–Crippen MR) is 58.5 cm³/mol. The Morgan fingerprint density at radius 2 is 2.29 bits per heavy atom. The highest BCUT2D eigenvalue weighted by molar-refractivity contribution is 9.10. The Hall–Kier alpha value is -0.870. The molecule has 1 aromatic rings. The zero-order valence-corrected chi connectivity index (χ0v) is 9.41. The number of carboxylic acids is 1. The number of carboxylic acid groups (broad SMARTS) is 1. The second-order valence-electron chi connectivity index (χ2n) is 3.25. The van der Waals surface area contributed by atoms with Gasteiger partial charge < -0.3 is 10.8 Å². The Morgan fingerprint density at radius 3 is 2.79 bits per heavy atom. The van der Waals surface area contributed by atoms with Crippen molar-refractivity contribution in [3.63, 3.8) is 0 Å². The number of benzene rings is 1. The maximum Gasteiger partial charge on any atom is 0.336 e. The van der Waals surface area contributed by atoms with Crippen molar-refractivity contribution in [2.45, 2.75) is 19.4 Å². The highest BCUT2D eigenvalue weighted by atomic mass is 79.9. The van der Waals surface area contributed by atoms with E-state index in [1.807, 2.05) is 13.0 Å². The van der Waals surface area contributed by atoms with E-state index in [0.717, 1.165) is 10.0 Å². The third kappa shape index (κ3) is 2.56. The molecule has 3 N–H and O–H groups in total. The van der Waals surface area contributed by atoms with Crippen LogP contribution < -0.4 is 5.73 Å². The molecule has 0 amide bonds. The minimum Gasteiger partial charge on any atom is -0.478 e. The lowest BCUT2D eigenvalue weighted by Crippen LogP contribution is -2.20. The van der Waals surface area contributed by atoms with Crippen molar-refractivity contribution >= 4 is 21.9 Å². The lowest BCUT2D eigenvalue weighted by Gasteiger charge is -2.10. The van der Waals surface area contributed by atoms with Crippen LogP contribution >= 0.6 is 15.9 Å². The summed E-state index contributed by atoms with van der Waals surface area (Å²) in [4.78, 5) is 10.9. The molecule has 0 heterocycles. The van der Waals surface area contributed by atoms with Crippen LogP contribution in [0.5, 0.6) is 0 Å². The lowest BCUT2D eigenvalue weighted by molar-refractivity contribution is 0.0695. The van der Waals surface area contributed by atoms with Crippen LogP contribution in [-0.2, 0) is 6.42 Å². The molecule has 0 saturated heterocycles. The molecular weight excluding hydrogens is 246 g/mol. The first-order chi connectivity index (χ1) is 6.52. The third-order valence-electron chi connectivity index (χ3n) is 1.88. The molecule has 4 heteroatoms. The van der Waals surface area contributed by atoms with Gasteiger partial charge in [-0.1, -0.05) is 22.0 Å². The molecule has 76 valence electrons. The van der Waals surface area contributed by atoms with Crippen molar-refractivity contribution in [3.05, 3.63) is 33.8 Å². The van der Waals surface area contributed by atoms with Gasteiger partial charge in [0.2, 0.25) is 0 Å². The molecule has 0 radical (unpaired) electrons. The Bertz CT molecular complexity index is 350. The van der Waals surface area contributed by atoms with E-state index in [-0.39, 0.29) is 6.04 Å². The molecule has 1 rings (SSSR count). The summed E-state index contributed by atoms with van der Waals surface area (Å²) in [5.74, 6) is -0.915. The van der Waals surface area contributed by atoms with Crippen LogP contribution in [0.1, 0.15) is 22.8 Å². The van der Waals surface area contributed by atoms with E-state index in [1.54, 1.807) is 12.1 Å². The Morgan fingerprint density at radius 1 is 1.64 bits per heavy atom. The van der Waals surface area contributed by atoms with Gasteiger partial charge in [-0.25, -0.2) is 4.79 Å². The predicted octanol–water partition coefficient (Wildman–Crippen LogP) is 2.04. The maximum atomic E-state index is 10.9. The summed E-state index contributed by atoms with van der Waals surface area (Å²) >= 11 is 3.33. The van der Waals surface area contributed by atoms with Crippen LogP contribution in [0.25, 0.3) is 0 Å². The Balaban J connectivity index is 3.15. The number of hydrogen-bond donors (Lipinski definition) is 2. The molecule has 0 aliphatic rings. The van der Waals surface area contributed by atoms with E-state index in [4.69, 9.17) is 10.8 Å². The van der Waals surface area contributed by atoms with Gasteiger partial charge in [0.1, 0.15) is 0 Å². The number of hydrogen-bond acceptors (Lipinski definition) is 2. The van der Waals surface area contributed by atoms with E-state index in [2.05, 4.69) is 15.9 Å². The van der Waals surface area contributed by atoms with Crippen molar-refractivity contribution in [3.8, 4) is 0 Å². The van der Waals surface area contributed by atoms with Gasteiger partial charge in [-0.05, 0) is 31.0 Å². The summed E-state index contributed by atoms with van der Waals surface area (Å²) < 4.78 is 0.801. The summed E-state index contributed by atoms with van der Waals surface area (Å²) in [5, 5.41) is 8.94. The SMILES string of the molecule is CC(N)Cc1c(Br)cccc1C(=O)O. The van der Waals surface area contributed by atoms with Gasteiger partial charge in [-0.2, -0.15) is 0 Å². The number of halogens is 1. The Labute approximate surface area is 91.1 Å². The van der Waals surface area contributed by atoms with Crippen LogP contribution in [-0.4, -0.2) is 17.1 Å². The highest BCUT2D eigenvalue weighted by Crippen LogP contribution is 2.22. The van der Waals surface area contributed by atoms with E-state index in [9.17, 15) is 4.79 Å². The molecule has 3 nitrogen and oxygen atoms in total.